The summed E-state index contributed by atoms with van der Waals surface area (Å²) in [6.45, 7) is -2.96. The summed E-state index contributed by atoms with van der Waals surface area (Å²) in [4.78, 5) is 18.0. The van der Waals surface area contributed by atoms with Crippen LogP contribution in [-0.2, 0) is 0 Å². The van der Waals surface area contributed by atoms with Gasteiger partial charge in [0.05, 0.1) is 22.9 Å². The van der Waals surface area contributed by atoms with Gasteiger partial charge >= 0.3 is 6.61 Å². The monoisotopic (exact) mass is 437 g/mol. The SMILES string of the molecule is COc1cc(C=C(C(=O)c2ccccc2)c2nc3ccccc3s2)ccc1OC(F)F. The highest BCUT2D eigenvalue weighted by molar-refractivity contribution is 7.20. The zero-order chi connectivity index (χ0) is 21.8. The molecule has 0 unspecified atom stereocenters. The fourth-order valence-corrected chi connectivity index (χ4v) is 4.07. The fraction of sp³-hybridized carbons (Fsp3) is 0.0833. The molecule has 4 rings (SSSR count). The second-order valence-corrected chi connectivity index (χ2v) is 7.56. The summed E-state index contributed by atoms with van der Waals surface area (Å²) in [7, 11) is 1.37. The van der Waals surface area contributed by atoms with E-state index in [0.717, 1.165) is 10.2 Å². The number of benzene rings is 3. The van der Waals surface area contributed by atoms with Crippen molar-refractivity contribution in [2.45, 2.75) is 6.61 Å². The highest BCUT2D eigenvalue weighted by Gasteiger charge is 2.19. The summed E-state index contributed by atoms with van der Waals surface area (Å²) >= 11 is 1.41. The number of fused-ring (bicyclic) bond motifs is 1. The molecule has 7 heteroatoms. The Labute approximate surface area is 181 Å². The van der Waals surface area contributed by atoms with Gasteiger partial charge < -0.3 is 9.47 Å². The highest BCUT2D eigenvalue weighted by Crippen LogP contribution is 2.34. The molecule has 0 saturated heterocycles. The maximum absolute atomic E-state index is 13.3. The van der Waals surface area contributed by atoms with E-state index < -0.39 is 6.61 Å². The number of Topliss-reactive ketones (excluding diaryl/α,β-unsaturated/α-hetero) is 1. The molecule has 4 aromatic rings. The van der Waals surface area contributed by atoms with Crippen LogP contribution in [-0.4, -0.2) is 24.5 Å². The number of rotatable bonds is 7. The third-order valence-corrected chi connectivity index (χ3v) is 5.59. The molecule has 0 radical (unpaired) electrons. The molecular formula is C24H17F2NO3S. The Bertz CT molecular complexity index is 1220. The Morgan fingerprint density at radius 1 is 1.00 bits per heavy atom. The molecule has 0 spiro atoms. The first-order chi connectivity index (χ1) is 15.0. The molecule has 0 fully saturated rings. The molecule has 1 aromatic heterocycles. The van der Waals surface area contributed by atoms with Gasteiger partial charge in [-0.1, -0.05) is 48.5 Å². The number of ketones is 1. The molecule has 0 saturated carbocycles. The quantitative estimate of drug-likeness (QED) is 0.250. The minimum atomic E-state index is -2.96. The van der Waals surface area contributed by atoms with E-state index >= 15 is 0 Å². The molecular weight excluding hydrogens is 420 g/mol. The van der Waals surface area contributed by atoms with Crippen molar-refractivity contribution in [1.29, 1.82) is 0 Å². The van der Waals surface area contributed by atoms with Gasteiger partial charge in [0.15, 0.2) is 17.3 Å². The Morgan fingerprint density at radius 3 is 2.45 bits per heavy atom. The maximum Gasteiger partial charge on any atom is 0.387 e. The van der Waals surface area contributed by atoms with E-state index in [9.17, 15) is 13.6 Å². The second-order valence-electron chi connectivity index (χ2n) is 6.53. The molecule has 0 N–H and O–H groups in total. The molecule has 0 bridgehead atoms. The predicted molar refractivity (Wildman–Crippen MR) is 118 cm³/mol. The lowest BCUT2D eigenvalue weighted by atomic mass is 10.0. The zero-order valence-corrected chi connectivity index (χ0v) is 17.2. The third kappa shape index (κ3) is 4.62. The number of thiazole rings is 1. The molecule has 156 valence electrons. The van der Waals surface area contributed by atoms with Gasteiger partial charge in [-0.3, -0.25) is 4.79 Å². The first-order valence-corrected chi connectivity index (χ1v) is 10.2. The molecule has 0 aliphatic rings. The Balaban J connectivity index is 1.82. The molecule has 0 aliphatic heterocycles. The van der Waals surface area contributed by atoms with E-state index in [-0.39, 0.29) is 17.3 Å². The van der Waals surface area contributed by atoms with Crippen LogP contribution >= 0.6 is 11.3 Å². The van der Waals surface area contributed by atoms with Gasteiger partial charge in [0.25, 0.3) is 0 Å². The first-order valence-electron chi connectivity index (χ1n) is 9.35. The summed E-state index contributed by atoms with van der Waals surface area (Å²) in [5, 5.41) is 0.571. The third-order valence-electron chi connectivity index (χ3n) is 4.52. The van der Waals surface area contributed by atoms with Crippen molar-refractivity contribution < 1.29 is 23.0 Å². The number of halogens is 2. The second kappa shape index (κ2) is 9.06. The minimum absolute atomic E-state index is 0.0782. The van der Waals surface area contributed by atoms with Crippen LogP contribution in [0.4, 0.5) is 8.78 Å². The number of alkyl halides is 2. The number of para-hydroxylation sites is 1. The summed E-state index contributed by atoms with van der Waals surface area (Å²) in [5.41, 5.74) is 2.32. The van der Waals surface area contributed by atoms with Crippen molar-refractivity contribution in [3.63, 3.8) is 0 Å². The van der Waals surface area contributed by atoms with Crippen LogP contribution in [0.2, 0.25) is 0 Å². The van der Waals surface area contributed by atoms with Crippen LogP contribution in [0, 0.1) is 0 Å². The van der Waals surface area contributed by atoms with Gasteiger partial charge in [-0.2, -0.15) is 8.78 Å². The number of carbonyl (C=O) groups excluding carboxylic acids is 1. The van der Waals surface area contributed by atoms with Crippen LogP contribution in [0.25, 0.3) is 21.9 Å². The highest BCUT2D eigenvalue weighted by atomic mass is 32.1. The summed E-state index contributed by atoms with van der Waals surface area (Å²) in [6, 6.07) is 21.1. The number of methoxy groups -OCH3 is 1. The number of carbonyl (C=O) groups is 1. The Kier molecular flexibility index (Phi) is 6.04. The lowest BCUT2D eigenvalue weighted by molar-refractivity contribution is -0.0512. The van der Waals surface area contributed by atoms with Gasteiger partial charge in [-0.15, -0.1) is 11.3 Å². The van der Waals surface area contributed by atoms with Gasteiger partial charge in [-0.05, 0) is 35.9 Å². The molecule has 0 amide bonds. The number of allylic oxidation sites excluding steroid dienone is 1. The number of nitrogens with zero attached hydrogens (tertiary/aromatic N) is 1. The predicted octanol–water partition coefficient (Wildman–Crippen LogP) is 6.33. The average Bonchev–Trinajstić information content (AvgIpc) is 3.22. The average molecular weight is 437 g/mol. The summed E-state index contributed by atoms with van der Waals surface area (Å²) in [6.07, 6.45) is 1.68. The fourth-order valence-electron chi connectivity index (χ4n) is 3.09. The van der Waals surface area contributed by atoms with Crippen molar-refractivity contribution in [2.75, 3.05) is 7.11 Å². The van der Waals surface area contributed by atoms with E-state index in [4.69, 9.17) is 4.74 Å². The van der Waals surface area contributed by atoms with Gasteiger partial charge in [0.2, 0.25) is 0 Å². The largest absolute Gasteiger partial charge is 0.493 e. The normalized spacial score (nSPS) is 11.7. The zero-order valence-electron chi connectivity index (χ0n) is 16.4. The maximum atomic E-state index is 13.3. The molecule has 1 heterocycles. The van der Waals surface area contributed by atoms with Crippen molar-refractivity contribution in [2.24, 2.45) is 0 Å². The van der Waals surface area contributed by atoms with Gasteiger partial charge in [0.1, 0.15) is 5.01 Å². The molecule has 3 aromatic carbocycles. The topological polar surface area (TPSA) is 48.4 Å². The first kappa shape index (κ1) is 20.7. The number of hydrogen-bond donors (Lipinski definition) is 0. The molecule has 0 aliphatic carbocycles. The lowest BCUT2D eigenvalue weighted by Gasteiger charge is -2.11. The van der Waals surface area contributed by atoms with Crippen LogP contribution in [0.3, 0.4) is 0 Å². The number of hydrogen-bond acceptors (Lipinski definition) is 5. The van der Waals surface area contributed by atoms with E-state index in [1.54, 1.807) is 42.5 Å². The van der Waals surface area contributed by atoms with Crippen LogP contribution in [0.15, 0.2) is 72.8 Å². The van der Waals surface area contributed by atoms with Crippen molar-refractivity contribution in [3.8, 4) is 11.5 Å². The smallest absolute Gasteiger partial charge is 0.387 e. The minimum Gasteiger partial charge on any atom is -0.493 e. The Hall–Kier alpha value is -3.58. The summed E-state index contributed by atoms with van der Waals surface area (Å²) < 4.78 is 35.9. The van der Waals surface area contributed by atoms with E-state index in [1.807, 2.05) is 30.3 Å². The standard InChI is InChI=1S/C24H17F2NO3S/c1-29-20-14-15(11-12-19(20)30-24(25)26)13-17(22(28)16-7-3-2-4-8-16)23-27-18-9-5-6-10-21(18)31-23/h2-14,24H,1H3. The van der Waals surface area contributed by atoms with Crippen LogP contribution in [0.1, 0.15) is 20.9 Å². The number of ether oxygens (including phenoxy) is 2. The van der Waals surface area contributed by atoms with E-state index in [0.29, 0.717) is 21.7 Å². The molecule has 31 heavy (non-hydrogen) atoms. The van der Waals surface area contributed by atoms with E-state index in [1.165, 1.54) is 24.5 Å². The molecule has 0 atom stereocenters. The van der Waals surface area contributed by atoms with Crippen LogP contribution < -0.4 is 9.47 Å². The summed E-state index contributed by atoms with van der Waals surface area (Å²) in [5.74, 6) is -0.123. The van der Waals surface area contributed by atoms with E-state index in [2.05, 4.69) is 9.72 Å². The Morgan fingerprint density at radius 2 is 1.74 bits per heavy atom. The van der Waals surface area contributed by atoms with Gasteiger partial charge in [-0.25, -0.2) is 4.98 Å². The molecule has 4 nitrogen and oxygen atoms in total. The van der Waals surface area contributed by atoms with Crippen molar-refractivity contribution in [3.05, 3.63) is 88.9 Å². The van der Waals surface area contributed by atoms with Crippen molar-refractivity contribution in [1.82, 2.24) is 4.98 Å². The number of aromatic nitrogens is 1. The lowest BCUT2D eigenvalue weighted by Crippen LogP contribution is -2.04. The van der Waals surface area contributed by atoms with Crippen LogP contribution in [0.5, 0.6) is 11.5 Å². The van der Waals surface area contributed by atoms with Gasteiger partial charge in [0, 0.05) is 5.56 Å². The van der Waals surface area contributed by atoms with Crippen molar-refractivity contribution >= 4 is 39.0 Å².